The van der Waals surface area contributed by atoms with Crippen LogP contribution in [-0.2, 0) is 0 Å². The molecule has 2 aromatic carbocycles. The van der Waals surface area contributed by atoms with Crippen LogP contribution in [0.5, 0.6) is 5.88 Å². The molecule has 1 N–H and O–H groups in total. The van der Waals surface area contributed by atoms with E-state index in [-0.39, 0.29) is 17.7 Å². The molecular formula is C25H21ClFN5O2S. The number of halogens is 2. The molecule has 1 fully saturated rings. The minimum Gasteiger partial charge on any atom is -0.492 e. The van der Waals surface area contributed by atoms with Crippen LogP contribution in [-0.4, -0.2) is 50.8 Å². The van der Waals surface area contributed by atoms with Crippen molar-refractivity contribution in [1.29, 1.82) is 0 Å². The van der Waals surface area contributed by atoms with Gasteiger partial charge in [-0.3, -0.25) is 4.90 Å². The number of hydrogen-bond acceptors (Lipinski definition) is 7. The van der Waals surface area contributed by atoms with Crippen molar-refractivity contribution in [3.8, 4) is 17.5 Å². The highest BCUT2D eigenvalue weighted by Gasteiger charge is 2.32. The predicted octanol–water partition coefficient (Wildman–Crippen LogP) is 5.46. The SMILES string of the molecule is Oc1c([C@H](c2cccc(Cl)c2)N2CCN(c3ccc(F)cc3)CC2)sc2nc(-c3ccco3)nn12. The van der Waals surface area contributed by atoms with Gasteiger partial charge in [0, 0.05) is 36.9 Å². The molecule has 1 aliphatic heterocycles. The van der Waals surface area contributed by atoms with Gasteiger partial charge >= 0.3 is 0 Å². The van der Waals surface area contributed by atoms with E-state index in [1.807, 2.05) is 36.4 Å². The number of aromatic nitrogens is 3. The smallest absolute Gasteiger partial charge is 0.230 e. The van der Waals surface area contributed by atoms with Gasteiger partial charge in [0.2, 0.25) is 16.7 Å². The van der Waals surface area contributed by atoms with Gasteiger partial charge in [-0.05, 0) is 54.1 Å². The number of fused-ring (bicyclic) bond motifs is 1. The van der Waals surface area contributed by atoms with Crippen LogP contribution in [0.15, 0.2) is 71.3 Å². The Hall–Kier alpha value is -3.40. The van der Waals surface area contributed by atoms with Crippen LogP contribution in [0.2, 0.25) is 5.02 Å². The molecule has 35 heavy (non-hydrogen) atoms. The second kappa shape index (κ2) is 8.99. The van der Waals surface area contributed by atoms with Crippen LogP contribution in [0, 0.1) is 5.82 Å². The molecule has 7 nitrogen and oxygen atoms in total. The maximum atomic E-state index is 13.4. The minimum atomic E-state index is -0.240. The highest BCUT2D eigenvalue weighted by Crippen LogP contribution is 2.41. The van der Waals surface area contributed by atoms with Gasteiger partial charge in [0.05, 0.1) is 17.2 Å². The summed E-state index contributed by atoms with van der Waals surface area (Å²) in [6.45, 7) is 3.04. The van der Waals surface area contributed by atoms with Crippen LogP contribution < -0.4 is 4.90 Å². The van der Waals surface area contributed by atoms with E-state index >= 15 is 0 Å². The van der Waals surface area contributed by atoms with Crippen LogP contribution >= 0.6 is 22.9 Å². The van der Waals surface area contributed by atoms with E-state index in [2.05, 4.69) is 19.9 Å². The van der Waals surface area contributed by atoms with Gasteiger partial charge in [0.15, 0.2) is 5.76 Å². The zero-order chi connectivity index (χ0) is 23.9. The van der Waals surface area contributed by atoms with Crippen molar-refractivity contribution in [3.63, 3.8) is 0 Å². The number of hydrogen-bond donors (Lipinski definition) is 1. The van der Waals surface area contributed by atoms with E-state index < -0.39 is 0 Å². The third-order valence-corrected chi connectivity index (χ3v) is 7.53. The second-order valence-corrected chi connectivity index (χ2v) is 9.80. The summed E-state index contributed by atoms with van der Waals surface area (Å²) >= 11 is 7.75. The van der Waals surface area contributed by atoms with Crippen molar-refractivity contribution in [2.24, 2.45) is 0 Å². The van der Waals surface area contributed by atoms with Gasteiger partial charge in [-0.15, -0.1) is 5.10 Å². The largest absolute Gasteiger partial charge is 0.492 e. The number of aromatic hydroxyl groups is 1. The Bertz CT molecular complexity index is 1460. The Kier molecular flexibility index (Phi) is 5.68. The number of nitrogens with zero attached hydrogens (tertiary/aromatic N) is 5. The number of rotatable bonds is 5. The topological polar surface area (TPSA) is 70.0 Å². The van der Waals surface area contributed by atoms with E-state index in [1.54, 1.807) is 18.4 Å². The van der Waals surface area contributed by atoms with Gasteiger partial charge in [-0.1, -0.05) is 35.1 Å². The average molecular weight is 510 g/mol. The van der Waals surface area contributed by atoms with Crippen molar-refractivity contribution >= 4 is 33.6 Å². The molecule has 3 aromatic heterocycles. The van der Waals surface area contributed by atoms with E-state index in [4.69, 9.17) is 16.0 Å². The fourth-order valence-electron chi connectivity index (χ4n) is 4.53. The molecule has 0 saturated carbocycles. The molecule has 178 valence electrons. The zero-order valence-corrected chi connectivity index (χ0v) is 20.1. The van der Waals surface area contributed by atoms with Crippen molar-refractivity contribution in [2.75, 3.05) is 31.1 Å². The van der Waals surface area contributed by atoms with Gasteiger partial charge < -0.3 is 14.4 Å². The molecule has 0 unspecified atom stereocenters. The van der Waals surface area contributed by atoms with E-state index in [9.17, 15) is 9.50 Å². The molecule has 0 radical (unpaired) electrons. The summed E-state index contributed by atoms with van der Waals surface area (Å²) in [5.41, 5.74) is 1.98. The highest BCUT2D eigenvalue weighted by molar-refractivity contribution is 7.17. The van der Waals surface area contributed by atoms with Crippen molar-refractivity contribution in [2.45, 2.75) is 6.04 Å². The van der Waals surface area contributed by atoms with Gasteiger partial charge in [-0.25, -0.2) is 4.39 Å². The maximum Gasteiger partial charge on any atom is 0.230 e. The predicted molar refractivity (Wildman–Crippen MR) is 134 cm³/mol. The lowest BCUT2D eigenvalue weighted by Gasteiger charge is -2.40. The van der Waals surface area contributed by atoms with Crippen molar-refractivity contribution in [3.05, 3.63) is 88.2 Å². The Morgan fingerprint density at radius 3 is 2.51 bits per heavy atom. The summed E-state index contributed by atoms with van der Waals surface area (Å²) in [6, 6.07) is 17.6. The lowest BCUT2D eigenvalue weighted by Crippen LogP contribution is -2.47. The summed E-state index contributed by atoms with van der Waals surface area (Å²) in [4.78, 5) is 10.5. The van der Waals surface area contributed by atoms with Crippen LogP contribution in [0.3, 0.4) is 0 Å². The molecule has 1 aliphatic rings. The summed E-state index contributed by atoms with van der Waals surface area (Å²) < 4.78 is 20.2. The summed E-state index contributed by atoms with van der Waals surface area (Å²) in [5.74, 6) is 0.789. The Morgan fingerprint density at radius 2 is 1.83 bits per heavy atom. The first-order valence-electron chi connectivity index (χ1n) is 11.2. The maximum absolute atomic E-state index is 13.4. The molecule has 0 spiro atoms. The second-order valence-electron chi connectivity index (χ2n) is 8.35. The molecule has 0 aliphatic carbocycles. The van der Waals surface area contributed by atoms with Crippen LogP contribution in [0.4, 0.5) is 10.1 Å². The molecule has 6 rings (SSSR count). The van der Waals surface area contributed by atoms with E-state index in [0.29, 0.717) is 21.6 Å². The Labute approximate surface area is 209 Å². The quantitative estimate of drug-likeness (QED) is 0.339. The van der Waals surface area contributed by atoms with Crippen molar-refractivity contribution < 1.29 is 13.9 Å². The molecule has 4 heterocycles. The molecule has 0 bridgehead atoms. The Morgan fingerprint density at radius 1 is 1.03 bits per heavy atom. The van der Waals surface area contributed by atoms with E-state index in [1.165, 1.54) is 28.0 Å². The zero-order valence-electron chi connectivity index (χ0n) is 18.5. The fraction of sp³-hybridized carbons (Fsp3) is 0.200. The fourth-order valence-corrected chi connectivity index (χ4v) is 5.85. The Balaban J connectivity index is 1.33. The lowest BCUT2D eigenvalue weighted by molar-refractivity contribution is 0.211. The number of anilines is 1. The highest BCUT2D eigenvalue weighted by atomic mass is 35.5. The minimum absolute atomic E-state index is 0.0567. The lowest BCUT2D eigenvalue weighted by atomic mass is 10.0. The summed E-state index contributed by atoms with van der Waals surface area (Å²) in [6.07, 6.45) is 1.57. The monoisotopic (exact) mass is 509 g/mol. The third kappa shape index (κ3) is 4.16. The first-order chi connectivity index (χ1) is 17.1. The molecule has 1 atom stereocenters. The number of thiazole rings is 1. The molecular weight excluding hydrogens is 489 g/mol. The van der Waals surface area contributed by atoms with Gasteiger partial charge in [-0.2, -0.15) is 9.50 Å². The van der Waals surface area contributed by atoms with Gasteiger partial charge in [0.25, 0.3) is 0 Å². The number of furan rings is 1. The normalized spacial score (nSPS) is 15.7. The molecule has 5 aromatic rings. The standard InChI is InChI=1S/C25H21ClFN5O2S/c26-17-4-1-3-16(15-17)21(31-12-10-30(11-13-31)19-8-6-18(27)7-9-19)22-24(33)32-25(35-22)28-23(29-32)20-5-2-14-34-20/h1-9,14-15,21,33H,10-13H2/t21-/m0/s1. The molecule has 10 heteroatoms. The summed E-state index contributed by atoms with van der Waals surface area (Å²) in [7, 11) is 0. The number of piperazine rings is 1. The molecule has 0 amide bonds. The third-order valence-electron chi connectivity index (χ3n) is 6.23. The van der Waals surface area contributed by atoms with Crippen LogP contribution in [0.1, 0.15) is 16.5 Å². The van der Waals surface area contributed by atoms with Crippen LogP contribution in [0.25, 0.3) is 16.5 Å². The average Bonchev–Trinajstić information content (AvgIpc) is 3.60. The van der Waals surface area contributed by atoms with E-state index in [0.717, 1.165) is 42.3 Å². The molecule has 1 saturated heterocycles. The first kappa shape index (κ1) is 22.1. The van der Waals surface area contributed by atoms with Crippen molar-refractivity contribution in [1.82, 2.24) is 19.5 Å². The van der Waals surface area contributed by atoms with Gasteiger partial charge in [0.1, 0.15) is 5.82 Å². The first-order valence-corrected chi connectivity index (χ1v) is 12.4. The number of benzene rings is 2. The summed E-state index contributed by atoms with van der Waals surface area (Å²) in [5, 5.41) is 16.3.